The van der Waals surface area contributed by atoms with E-state index in [9.17, 15) is 0 Å². The molecule has 3 aromatic rings. The zero-order chi connectivity index (χ0) is 19.3. The van der Waals surface area contributed by atoms with Gasteiger partial charge in [-0.3, -0.25) is 9.67 Å². The van der Waals surface area contributed by atoms with Gasteiger partial charge in [0.25, 0.3) is 0 Å². The maximum absolute atomic E-state index is 6.15. The lowest BCUT2D eigenvalue weighted by atomic mass is 9.90. The first kappa shape index (κ1) is 17.6. The molecule has 3 atom stereocenters. The zero-order valence-corrected chi connectivity index (χ0v) is 16.4. The van der Waals surface area contributed by atoms with Gasteiger partial charge in [-0.15, -0.1) is 0 Å². The highest BCUT2D eigenvalue weighted by molar-refractivity contribution is 5.86. The largest absolute Gasteiger partial charge is 0.474 e. The lowest BCUT2D eigenvalue weighted by Crippen LogP contribution is -2.66. The van der Waals surface area contributed by atoms with Gasteiger partial charge in [0.1, 0.15) is 12.7 Å². The predicted octanol–water partition coefficient (Wildman–Crippen LogP) is 2.76. The number of hydrogen-bond donors (Lipinski definition) is 1. The molecule has 3 fully saturated rings. The van der Waals surface area contributed by atoms with Gasteiger partial charge in [0, 0.05) is 30.0 Å². The number of fused-ring (bicyclic) bond motifs is 3. The molecular weight excluding hydrogens is 354 g/mol. The van der Waals surface area contributed by atoms with Crippen molar-refractivity contribution in [2.24, 2.45) is 0 Å². The average Bonchev–Trinajstić information content (AvgIpc) is 3.16. The van der Waals surface area contributed by atoms with Crippen LogP contribution in [0, 0.1) is 0 Å². The Kier molecular flexibility index (Phi) is 4.10. The van der Waals surface area contributed by atoms with Gasteiger partial charge in [-0.25, -0.2) is 4.98 Å². The summed E-state index contributed by atoms with van der Waals surface area (Å²) in [6, 6.07) is 6.79. The normalized spacial score (nSPS) is 24.2. The number of rotatable bonds is 4. The molecule has 146 valence electrons. The Morgan fingerprint density at radius 2 is 2.21 bits per heavy atom. The number of morpholine rings is 1. The highest BCUT2D eigenvalue weighted by Crippen LogP contribution is 2.30. The number of hydrogen-bond acceptors (Lipinski definition) is 6. The molecule has 6 rings (SSSR count). The molecule has 2 bridgehead atoms. The first-order valence-electron chi connectivity index (χ1n) is 9.79. The Labute approximate surface area is 164 Å². The quantitative estimate of drug-likeness (QED) is 0.751. The van der Waals surface area contributed by atoms with Gasteiger partial charge in [-0.05, 0) is 45.4 Å². The summed E-state index contributed by atoms with van der Waals surface area (Å²) in [5.41, 5.74) is 2.53. The van der Waals surface area contributed by atoms with Crippen LogP contribution in [0.3, 0.4) is 0 Å². The minimum Gasteiger partial charge on any atom is -0.474 e. The second-order valence-corrected chi connectivity index (χ2v) is 8.62. The summed E-state index contributed by atoms with van der Waals surface area (Å²) in [5.74, 6) is 0.592. The topological polar surface area (TPSA) is 74.1 Å². The van der Waals surface area contributed by atoms with Crippen LogP contribution in [-0.4, -0.2) is 51.1 Å². The van der Waals surface area contributed by atoms with Crippen molar-refractivity contribution < 1.29 is 9.47 Å². The monoisotopic (exact) mass is 379 g/mol. The Bertz CT molecular complexity index is 1000. The summed E-state index contributed by atoms with van der Waals surface area (Å²) in [6.07, 6.45) is 6.87. The van der Waals surface area contributed by atoms with E-state index in [0.717, 1.165) is 35.2 Å². The second kappa shape index (κ2) is 6.53. The van der Waals surface area contributed by atoms with Gasteiger partial charge < -0.3 is 14.8 Å². The minimum absolute atomic E-state index is 0.0609. The predicted molar refractivity (Wildman–Crippen MR) is 106 cm³/mol. The molecule has 3 aromatic heterocycles. The molecule has 0 unspecified atom stereocenters. The second-order valence-electron chi connectivity index (χ2n) is 8.62. The maximum Gasteiger partial charge on any atom is 0.223 e. The van der Waals surface area contributed by atoms with Gasteiger partial charge in [-0.1, -0.05) is 0 Å². The van der Waals surface area contributed by atoms with E-state index in [1.165, 1.54) is 0 Å². The van der Waals surface area contributed by atoms with Crippen molar-refractivity contribution in [3.8, 4) is 17.1 Å². The fourth-order valence-corrected chi connectivity index (χ4v) is 3.77. The van der Waals surface area contributed by atoms with Crippen LogP contribution in [0.5, 0.6) is 5.88 Å². The molecule has 7 heteroatoms. The van der Waals surface area contributed by atoms with Crippen molar-refractivity contribution in [1.82, 2.24) is 25.1 Å². The average molecular weight is 379 g/mol. The van der Waals surface area contributed by atoms with Crippen LogP contribution in [-0.2, 0) is 10.3 Å². The van der Waals surface area contributed by atoms with E-state index in [4.69, 9.17) is 14.5 Å². The van der Waals surface area contributed by atoms with E-state index in [0.29, 0.717) is 24.6 Å². The van der Waals surface area contributed by atoms with Crippen LogP contribution in [0.1, 0.15) is 27.2 Å². The molecule has 0 amide bonds. The van der Waals surface area contributed by atoms with Crippen LogP contribution in [0.2, 0.25) is 0 Å². The standard InChI is InChI=1S/C21H25N5O2/c1-21(2,3)26-10-13(9-23-26)16-8-17-15(5-4-6-22-17)20(25-16)28-12-19-18-7-14(24-18)11-27-19/h4-6,8-10,14,18-19,24H,7,11-12H2,1-3H3/t14-,18+,19+/m0/s1. The molecule has 0 spiro atoms. The Morgan fingerprint density at radius 1 is 1.36 bits per heavy atom. The molecule has 6 heterocycles. The first-order valence-corrected chi connectivity index (χ1v) is 9.79. The van der Waals surface area contributed by atoms with E-state index in [2.05, 4.69) is 36.2 Å². The molecule has 3 aliphatic rings. The third-order valence-corrected chi connectivity index (χ3v) is 5.46. The summed E-state index contributed by atoms with van der Waals surface area (Å²) < 4.78 is 14.0. The van der Waals surface area contributed by atoms with Crippen molar-refractivity contribution in [2.45, 2.75) is 50.9 Å². The maximum atomic E-state index is 6.15. The summed E-state index contributed by atoms with van der Waals surface area (Å²) in [6.45, 7) is 7.60. The summed E-state index contributed by atoms with van der Waals surface area (Å²) >= 11 is 0. The summed E-state index contributed by atoms with van der Waals surface area (Å²) in [4.78, 5) is 9.31. The highest BCUT2D eigenvalue weighted by Gasteiger charge is 2.40. The minimum atomic E-state index is -0.0847. The van der Waals surface area contributed by atoms with Crippen LogP contribution >= 0.6 is 0 Å². The Hall–Kier alpha value is -2.51. The summed E-state index contributed by atoms with van der Waals surface area (Å²) in [5, 5.41) is 8.91. The van der Waals surface area contributed by atoms with Gasteiger partial charge in [0.05, 0.1) is 34.9 Å². The van der Waals surface area contributed by atoms with Crippen LogP contribution in [0.25, 0.3) is 22.2 Å². The third kappa shape index (κ3) is 3.14. The van der Waals surface area contributed by atoms with Crippen LogP contribution in [0.15, 0.2) is 36.8 Å². The lowest BCUT2D eigenvalue weighted by molar-refractivity contribution is -0.0983. The number of nitrogens with zero attached hydrogens (tertiary/aromatic N) is 4. The SMILES string of the molecule is CC(C)(C)n1cc(-c2cc3ncccc3c(OC[C@H]3OC[C@@H]4C[C@H]3N4)n2)cn1. The van der Waals surface area contributed by atoms with Gasteiger partial charge in [0.2, 0.25) is 5.88 Å². The Morgan fingerprint density at radius 3 is 2.93 bits per heavy atom. The van der Waals surface area contributed by atoms with E-state index in [1.807, 2.05) is 35.3 Å². The Balaban J connectivity index is 1.46. The number of pyridine rings is 2. The molecule has 0 aromatic carbocycles. The van der Waals surface area contributed by atoms with E-state index in [1.54, 1.807) is 6.20 Å². The van der Waals surface area contributed by atoms with E-state index < -0.39 is 0 Å². The molecule has 0 radical (unpaired) electrons. The molecule has 0 saturated carbocycles. The number of ether oxygens (including phenoxy) is 2. The molecule has 3 saturated heterocycles. The fourth-order valence-electron chi connectivity index (χ4n) is 3.77. The zero-order valence-electron chi connectivity index (χ0n) is 16.4. The number of nitrogens with one attached hydrogen (secondary N) is 1. The van der Waals surface area contributed by atoms with E-state index >= 15 is 0 Å². The highest BCUT2D eigenvalue weighted by atomic mass is 16.5. The van der Waals surface area contributed by atoms with Crippen LogP contribution < -0.4 is 10.1 Å². The fraction of sp³-hybridized carbons (Fsp3) is 0.476. The van der Waals surface area contributed by atoms with E-state index in [-0.39, 0.29) is 11.6 Å². The molecular formula is C21H25N5O2. The lowest BCUT2D eigenvalue weighted by Gasteiger charge is -2.47. The smallest absolute Gasteiger partial charge is 0.223 e. The third-order valence-electron chi connectivity index (χ3n) is 5.46. The van der Waals surface area contributed by atoms with Crippen molar-refractivity contribution in [1.29, 1.82) is 0 Å². The van der Waals surface area contributed by atoms with Crippen molar-refractivity contribution >= 4 is 10.9 Å². The molecule has 1 N–H and O–H groups in total. The number of aromatic nitrogens is 4. The van der Waals surface area contributed by atoms with Gasteiger partial charge in [0.15, 0.2) is 0 Å². The van der Waals surface area contributed by atoms with Gasteiger partial charge >= 0.3 is 0 Å². The molecule has 7 nitrogen and oxygen atoms in total. The van der Waals surface area contributed by atoms with Gasteiger partial charge in [-0.2, -0.15) is 5.10 Å². The first-order chi connectivity index (χ1) is 13.5. The van der Waals surface area contributed by atoms with Crippen molar-refractivity contribution in [3.05, 3.63) is 36.8 Å². The molecule has 3 aliphatic heterocycles. The van der Waals surface area contributed by atoms with Crippen molar-refractivity contribution in [3.63, 3.8) is 0 Å². The van der Waals surface area contributed by atoms with Crippen molar-refractivity contribution in [2.75, 3.05) is 13.2 Å². The summed E-state index contributed by atoms with van der Waals surface area (Å²) in [7, 11) is 0. The molecule has 0 aliphatic carbocycles. The molecule has 28 heavy (non-hydrogen) atoms. The van der Waals surface area contributed by atoms with Crippen LogP contribution in [0.4, 0.5) is 0 Å².